The summed E-state index contributed by atoms with van der Waals surface area (Å²) in [5.74, 6) is 0.0874. The van der Waals surface area contributed by atoms with E-state index in [1.807, 2.05) is 24.3 Å². The van der Waals surface area contributed by atoms with Gasteiger partial charge in [-0.05, 0) is 49.4 Å². The van der Waals surface area contributed by atoms with Crippen LogP contribution in [-0.2, 0) is 0 Å². The fourth-order valence-corrected chi connectivity index (χ4v) is 2.96. The third kappa shape index (κ3) is 3.21. The third-order valence-electron chi connectivity index (χ3n) is 4.43. The lowest BCUT2D eigenvalue weighted by molar-refractivity contribution is -0.385. The van der Waals surface area contributed by atoms with Crippen molar-refractivity contribution in [3.63, 3.8) is 0 Å². The molecule has 4 rings (SSSR count). The maximum Gasteiger partial charge on any atom is 0.273 e. The average Bonchev–Trinajstić information content (AvgIpc) is 3.12. The Bertz CT molecular complexity index is 1160. The van der Waals surface area contributed by atoms with Crippen molar-refractivity contribution in [1.29, 1.82) is 0 Å². The fraction of sp³-hybridized carbons (Fsp3) is 0.0476. The lowest BCUT2D eigenvalue weighted by Gasteiger charge is -2.08. The number of nitro groups is 1. The second-order valence-electron chi connectivity index (χ2n) is 6.23. The van der Waals surface area contributed by atoms with Gasteiger partial charge in [-0.1, -0.05) is 18.2 Å². The van der Waals surface area contributed by atoms with Crippen LogP contribution in [0.4, 0.5) is 11.4 Å². The standard InChI is InChI=1S/C21H15N3O4/c1-13-16(5-4-7-18(13)24(26)27)20(25)22-15-11-9-14(10-12-15)21-23-17-6-2-3-8-19(17)28-21/h2-12H,1H3,(H,22,25). The zero-order valence-corrected chi connectivity index (χ0v) is 14.9. The van der Waals surface area contributed by atoms with Gasteiger partial charge in [-0.15, -0.1) is 0 Å². The van der Waals surface area contributed by atoms with Crippen LogP contribution in [0.25, 0.3) is 22.6 Å². The summed E-state index contributed by atoms with van der Waals surface area (Å²) in [6.45, 7) is 1.56. The normalized spacial score (nSPS) is 10.8. The first kappa shape index (κ1) is 17.4. The molecule has 1 heterocycles. The van der Waals surface area contributed by atoms with Crippen molar-refractivity contribution in [2.24, 2.45) is 0 Å². The summed E-state index contributed by atoms with van der Waals surface area (Å²) in [6.07, 6.45) is 0. The Morgan fingerprint density at radius 3 is 2.50 bits per heavy atom. The maximum atomic E-state index is 12.5. The molecule has 0 saturated heterocycles. The lowest BCUT2D eigenvalue weighted by Crippen LogP contribution is -2.14. The first-order valence-corrected chi connectivity index (χ1v) is 8.54. The Morgan fingerprint density at radius 1 is 1.04 bits per heavy atom. The van der Waals surface area contributed by atoms with Crippen molar-refractivity contribution in [2.75, 3.05) is 5.32 Å². The van der Waals surface area contributed by atoms with Gasteiger partial charge in [0, 0.05) is 28.4 Å². The van der Waals surface area contributed by atoms with E-state index in [0.29, 0.717) is 22.7 Å². The number of amides is 1. The number of aromatic nitrogens is 1. The van der Waals surface area contributed by atoms with Gasteiger partial charge < -0.3 is 9.73 Å². The molecule has 138 valence electrons. The molecule has 4 aromatic rings. The Kier molecular flexibility index (Phi) is 4.33. The maximum absolute atomic E-state index is 12.5. The summed E-state index contributed by atoms with van der Waals surface area (Å²) in [7, 11) is 0. The van der Waals surface area contributed by atoms with E-state index >= 15 is 0 Å². The number of nitro benzene ring substituents is 1. The average molecular weight is 373 g/mol. The van der Waals surface area contributed by atoms with Gasteiger partial charge in [-0.3, -0.25) is 14.9 Å². The zero-order chi connectivity index (χ0) is 19.7. The second-order valence-corrected chi connectivity index (χ2v) is 6.23. The van der Waals surface area contributed by atoms with Gasteiger partial charge in [-0.2, -0.15) is 0 Å². The number of nitrogens with one attached hydrogen (secondary N) is 1. The van der Waals surface area contributed by atoms with Crippen molar-refractivity contribution in [3.8, 4) is 11.5 Å². The van der Waals surface area contributed by atoms with Crippen molar-refractivity contribution < 1.29 is 14.1 Å². The molecule has 0 aliphatic rings. The van der Waals surface area contributed by atoms with E-state index < -0.39 is 10.8 Å². The van der Waals surface area contributed by atoms with Crippen molar-refractivity contribution >= 4 is 28.4 Å². The Labute approximate surface area is 159 Å². The van der Waals surface area contributed by atoms with E-state index in [1.54, 1.807) is 37.3 Å². The van der Waals surface area contributed by atoms with Crippen LogP contribution in [0.5, 0.6) is 0 Å². The molecule has 0 spiro atoms. The molecule has 1 N–H and O–H groups in total. The van der Waals surface area contributed by atoms with E-state index in [4.69, 9.17) is 4.42 Å². The third-order valence-corrected chi connectivity index (χ3v) is 4.43. The van der Waals surface area contributed by atoms with Gasteiger partial charge in [0.1, 0.15) is 5.52 Å². The summed E-state index contributed by atoms with van der Waals surface area (Å²) in [6, 6.07) is 19.0. The minimum absolute atomic E-state index is 0.0843. The van der Waals surface area contributed by atoms with Crippen LogP contribution in [0.2, 0.25) is 0 Å². The molecular weight excluding hydrogens is 358 g/mol. The SMILES string of the molecule is Cc1c(C(=O)Nc2ccc(-c3nc4ccccc4o3)cc2)cccc1[N+](=O)[O-]. The van der Waals surface area contributed by atoms with E-state index in [0.717, 1.165) is 11.1 Å². The molecule has 0 radical (unpaired) electrons. The summed E-state index contributed by atoms with van der Waals surface area (Å²) >= 11 is 0. The number of benzene rings is 3. The number of para-hydroxylation sites is 2. The van der Waals surface area contributed by atoms with Gasteiger partial charge in [0.2, 0.25) is 5.89 Å². The van der Waals surface area contributed by atoms with Crippen LogP contribution in [0.1, 0.15) is 15.9 Å². The molecular formula is C21H15N3O4. The molecule has 0 fully saturated rings. The van der Waals surface area contributed by atoms with Crippen LogP contribution in [0.15, 0.2) is 71.1 Å². The van der Waals surface area contributed by atoms with Gasteiger partial charge in [0.25, 0.3) is 11.6 Å². The van der Waals surface area contributed by atoms with Crippen LogP contribution < -0.4 is 5.32 Å². The molecule has 0 aliphatic carbocycles. The van der Waals surface area contributed by atoms with Crippen LogP contribution >= 0.6 is 0 Å². The molecule has 7 heteroatoms. The molecule has 0 unspecified atom stereocenters. The lowest BCUT2D eigenvalue weighted by atomic mass is 10.1. The van der Waals surface area contributed by atoms with Gasteiger partial charge in [-0.25, -0.2) is 4.98 Å². The quantitative estimate of drug-likeness (QED) is 0.402. The summed E-state index contributed by atoms with van der Waals surface area (Å²) in [5.41, 5.74) is 3.33. The Hall–Kier alpha value is -4.00. The Morgan fingerprint density at radius 2 is 1.79 bits per heavy atom. The molecule has 1 aromatic heterocycles. The second kappa shape index (κ2) is 6.96. The van der Waals surface area contributed by atoms with Gasteiger partial charge >= 0.3 is 0 Å². The largest absolute Gasteiger partial charge is 0.436 e. The summed E-state index contributed by atoms with van der Waals surface area (Å²) in [5, 5.41) is 13.8. The van der Waals surface area contributed by atoms with E-state index in [-0.39, 0.29) is 11.3 Å². The molecule has 3 aromatic carbocycles. The summed E-state index contributed by atoms with van der Waals surface area (Å²) < 4.78 is 5.73. The van der Waals surface area contributed by atoms with Crippen molar-refractivity contribution in [1.82, 2.24) is 4.98 Å². The summed E-state index contributed by atoms with van der Waals surface area (Å²) in [4.78, 5) is 27.5. The minimum atomic E-state index is -0.499. The monoisotopic (exact) mass is 373 g/mol. The number of oxazole rings is 1. The highest BCUT2D eigenvalue weighted by molar-refractivity contribution is 6.05. The number of hydrogen-bond donors (Lipinski definition) is 1. The predicted octanol–water partition coefficient (Wildman–Crippen LogP) is 4.96. The fourth-order valence-electron chi connectivity index (χ4n) is 2.96. The van der Waals surface area contributed by atoms with Gasteiger partial charge in [0.05, 0.1) is 4.92 Å². The predicted molar refractivity (Wildman–Crippen MR) is 105 cm³/mol. The van der Waals surface area contributed by atoms with Crippen LogP contribution in [0.3, 0.4) is 0 Å². The highest BCUT2D eigenvalue weighted by atomic mass is 16.6. The van der Waals surface area contributed by atoms with Crippen LogP contribution in [0, 0.1) is 17.0 Å². The molecule has 1 amide bonds. The number of rotatable bonds is 4. The number of fused-ring (bicyclic) bond motifs is 1. The molecule has 28 heavy (non-hydrogen) atoms. The number of nitrogens with zero attached hydrogens (tertiary/aromatic N) is 2. The molecule has 0 atom stereocenters. The number of anilines is 1. The van der Waals surface area contributed by atoms with Gasteiger partial charge in [0.15, 0.2) is 5.58 Å². The molecule has 7 nitrogen and oxygen atoms in total. The van der Waals surface area contributed by atoms with E-state index in [1.165, 1.54) is 12.1 Å². The highest BCUT2D eigenvalue weighted by Crippen LogP contribution is 2.26. The highest BCUT2D eigenvalue weighted by Gasteiger charge is 2.18. The topological polar surface area (TPSA) is 98.3 Å². The van der Waals surface area contributed by atoms with Crippen molar-refractivity contribution in [3.05, 3.63) is 88.0 Å². The van der Waals surface area contributed by atoms with E-state index in [2.05, 4.69) is 10.3 Å². The van der Waals surface area contributed by atoms with Crippen molar-refractivity contribution in [2.45, 2.75) is 6.92 Å². The molecule has 0 aliphatic heterocycles. The smallest absolute Gasteiger partial charge is 0.273 e. The van der Waals surface area contributed by atoms with E-state index in [9.17, 15) is 14.9 Å². The number of carbonyl (C=O) groups excluding carboxylic acids is 1. The molecule has 0 saturated carbocycles. The molecule has 0 bridgehead atoms. The first-order chi connectivity index (χ1) is 13.5. The number of carbonyl (C=O) groups is 1. The Balaban J connectivity index is 1.56. The zero-order valence-electron chi connectivity index (χ0n) is 14.9. The first-order valence-electron chi connectivity index (χ1n) is 8.54. The number of hydrogen-bond acceptors (Lipinski definition) is 5. The van der Waals surface area contributed by atoms with Crippen LogP contribution in [-0.4, -0.2) is 15.8 Å². The minimum Gasteiger partial charge on any atom is -0.436 e.